The number of benzene rings is 2. The largest absolute Gasteiger partial charge is 0.466 e. The Morgan fingerprint density at radius 1 is 1.11 bits per heavy atom. The molecule has 0 bridgehead atoms. The van der Waals surface area contributed by atoms with Crippen molar-refractivity contribution in [3.63, 3.8) is 0 Å². The number of hydrogen-bond donors (Lipinski definition) is 1. The molecule has 27 heavy (non-hydrogen) atoms. The Kier molecular flexibility index (Phi) is 7.05. The molecule has 0 saturated heterocycles. The summed E-state index contributed by atoms with van der Waals surface area (Å²) in [5, 5.41) is 3.53. The van der Waals surface area contributed by atoms with Gasteiger partial charge in [-0.2, -0.15) is 0 Å². The molecule has 0 amide bonds. The molecule has 0 saturated carbocycles. The van der Waals surface area contributed by atoms with E-state index in [1.54, 1.807) is 0 Å². The number of nitrogens with one attached hydrogen (secondary N) is 1. The van der Waals surface area contributed by atoms with E-state index in [2.05, 4.69) is 26.1 Å². The van der Waals surface area contributed by atoms with Crippen LogP contribution in [0.25, 0.3) is 0 Å². The van der Waals surface area contributed by atoms with E-state index in [4.69, 9.17) is 9.47 Å². The van der Waals surface area contributed by atoms with Gasteiger partial charge in [0.1, 0.15) is 11.5 Å². The highest BCUT2D eigenvalue weighted by atomic mass is 16.5. The van der Waals surface area contributed by atoms with Gasteiger partial charge in [-0.25, -0.2) is 4.79 Å². The molecule has 0 fully saturated rings. The van der Waals surface area contributed by atoms with E-state index < -0.39 is 0 Å². The lowest BCUT2D eigenvalue weighted by molar-refractivity contribution is -0.134. The normalized spacial score (nSPS) is 12.6. The molecule has 1 N–H and O–H groups in total. The smallest absolute Gasteiger partial charge is 0.330 e. The van der Waals surface area contributed by atoms with Gasteiger partial charge >= 0.3 is 5.97 Å². The Bertz CT molecular complexity index is 776. The SMILES string of the molecule is COC(=O)/C=C/[C@@H](CC(C)(C)C)Nc1cc(Oc2ccccc2)ccc1C. The number of ether oxygens (including phenoxy) is 2. The zero-order valence-electron chi connectivity index (χ0n) is 16.8. The monoisotopic (exact) mass is 367 g/mol. The summed E-state index contributed by atoms with van der Waals surface area (Å²) >= 11 is 0. The molecule has 4 nitrogen and oxygen atoms in total. The van der Waals surface area contributed by atoms with E-state index in [0.717, 1.165) is 29.2 Å². The van der Waals surface area contributed by atoms with Crippen molar-refractivity contribution >= 4 is 11.7 Å². The molecule has 0 aliphatic heterocycles. The van der Waals surface area contributed by atoms with Crippen LogP contribution in [0.4, 0.5) is 5.69 Å². The molecule has 4 heteroatoms. The zero-order chi connectivity index (χ0) is 19.9. The first-order valence-electron chi connectivity index (χ1n) is 9.13. The standard InChI is InChI=1S/C23H29NO3/c1-17-11-13-20(27-19-9-7-6-8-10-19)15-21(17)24-18(16-23(2,3)4)12-14-22(25)26-5/h6-15,18,24H,16H2,1-5H3/b14-12+/t18-/m0/s1. The summed E-state index contributed by atoms with van der Waals surface area (Å²) in [4.78, 5) is 11.5. The van der Waals surface area contributed by atoms with Gasteiger partial charge in [-0.05, 0) is 42.5 Å². The number of para-hydroxylation sites is 1. The molecule has 0 aliphatic carbocycles. The highest BCUT2D eigenvalue weighted by molar-refractivity contribution is 5.82. The van der Waals surface area contributed by atoms with E-state index in [0.29, 0.717) is 0 Å². The summed E-state index contributed by atoms with van der Waals surface area (Å²) in [5.74, 6) is 1.21. The van der Waals surface area contributed by atoms with Crippen molar-refractivity contribution in [2.75, 3.05) is 12.4 Å². The van der Waals surface area contributed by atoms with Crippen LogP contribution in [0, 0.1) is 12.3 Å². The molecule has 2 aromatic carbocycles. The number of rotatable bonds is 7. The zero-order valence-corrected chi connectivity index (χ0v) is 16.8. The fourth-order valence-electron chi connectivity index (χ4n) is 2.73. The van der Waals surface area contributed by atoms with Crippen LogP contribution in [-0.2, 0) is 9.53 Å². The Balaban J connectivity index is 2.21. The molecule has 0 aliphatic rings. The quantitative estimate of drug-likeness (QED) is 0.501. The molecular weight excluding hydrogens is 338 g/mol. The second kappa shape index (κ2) is 9.26. The van der Waals surface area contributed by atoms with Crippen LogP contribution in [0.5, 0.6) is 11.5 Å². The Hall–Kier alpha value is -2.75. The maximum atomic E-state index is 11.5. The summed E-state index contributed by atoms with van der Waals surface area (Å²) in [6, 6.07) is 15.7. The van der Waals surface area contributed by atoms with Crippen molar-refractivity contribution in [1.82, 2.24) is 0 Å². The van der Waals surface area contributed by atoms with E-state index in [1.807, 2.05) is 61.5 Å². The predicted octanol–water partition coefficient (Wildman–Crippen LogP) is 5.73. The van der Waals surface area contributed by atoms with E-state index in [-0.39, 0.29) is 17.4 Å². The minimum atomic E-state index is -0.353. The van der Waals surface area contributed by atoms with E-state index in [9.17, 15) is 4.79 Å². The summed E-state index contributed by atoms with van der Waals surface area (Å²) in [7, 11) is 1.38. The van der Waals surface area contributed by atoms with E-state index in [1.165, 1.54) is 13.2 Å². The fraction of sp³-hybridized carbons (Fsp3) is 0.348. The van der Waals surface area contributed by atoms with Crippen LogP contribution in [0.15, 0.2) is 60.7 Å². The minimum absolute atomic E-state index is 0.00484. The molecule has 0 unspecified atom stereocenters. The molecule has 2 rings (SSSR count). The van der Waals surface area contributed by atoms with Gasteiger partial charge < -0.3 is 14.8 Å². The number of esters is 1. The van der Waals surface area contributed by atoms with Crippen LogP contribution in [0.2, 0.25) is 0 Å². The van der Waals surface area contributed by atoms with Crippen molar-refractivity contribution in [1.29, 1.82) is 0 Å². The summed E-state index contributed by atoms with van der Waals surface area (Å²) in [5.41, 5.74) is 2.19. The van der Waals surface area contributed by atoms with Gasteiger partial charge in [0.25, 0.3) is 0 Å². The Morgan fingerprint density at radius 2 is 1.81 bits per heavy atom. The van der Waals surface area contributed by atoms with Crippen LogP contribution in [0.1, 0.15) is 32.8 Å². The first kappa shape index (κ1) is 20.6. The van der Waals surface area contributed by atoms with Crippen LogP contribution in [0.3, 0.4) is 0 Å². The van der Waals surface area contributed by atoms with Crippen molar-refractivity contribution in [2.45, 2.75) is 40.2 Å². The molecule has 0 radical (unpaired) electrons. The van der Waals surface area contributed by atoms with Gasteiger partial charge in [0.05, 0.1) is 7.11 Å². The van der Waals surface area contributed by atoms with Gasteiger partial charge in [-0.1, -0.05) is 51.1 Å². The van der Waals surface area contributed by atoms with Gasteiger partial charge in [0, 0.05) is 23.9 Å². The highest BCUT2D eigenvalue weighted by Crippen LogP contribution is 2.29. The second-order valence-electron chi connectivity index (χ2n) is 7.79. The van der Waals surface area contributed by atoms with Crippen LogP contribution < -0.4 is 10.1 Å². The fourth-order valence-corrected chi connectivity index (χ4v) is 2.73. The predicted molar refractivity (Wildman–Crippen MR) is 110 cm³/mol. The Morgan fingerprint density at radius 3 is 2.44 bits per heavy atom. The molecular formula is C23H29NO3. The van der Waals surface area contributed by atoms with Gasteiger partial charge in [0.2, 0.25) is 0 Å². The minimum Gasteiger partial charge on any atom is -0.466 e. The number of carbonyl (C=O) groups is 1. The van der Waals surface area contributed by atoms with Crippen molar-refractivity contribution in [3.05, 3.63) is 66.2 Å². The third kappa shape index (κ3) is 7.18. The highest BCUT2D eigenvalue weighted by Gasteiger charge is 2.18. The number of methoxy groups -OCH3 is 1. The Labute approximate surface area is 162 Å². The lowest BCUT2D eigenvalue weighted by Gasteiger charge is -2.26. The molecule has 0 heterocycles. The number of hydrogen-bond acceptors (Lipinski definition) is 4. The molecule has 0 aromatic heterocycles. The first-order chi connectivity index (χ1) is 12.8. The summed E-state index contributed by atoms with van der Waals surface area (Å²) in [6.07, 6.45) is 4.20. The third-order valence-corrected chi connectivity index (χ3v) is 4.03. The summed E-state index contributed by atoms with van der Waals surface area (Å²) in [6.45, 7) is 8.58. The second-order valence-corrected chi connectivity index (χ2v) is 7.79. The van der Waals surface area contributed by atoms with Gasteiger partial charge in [0.15, 0.2) is 0 Å². The average Bonchev–Trinajstić information content (AvgIpc) is 2.62. The van der Waals surface area contributed by atoms with Crippen molar-refractivity contribution in [3.8, 4) is 11.5 Å². The topological polar surface area (TPSA) is 47.6 Å². The third-order valence-electron chi connectivity index (χ3n) is 4.03. The molecule has 144 valence electrons. The van der Waals surface area contributed by atoms with Crippen molar-refractivity contribution in [2.24, 2.45) is 5.41 Å². The average molecular weight is 367 g/mol. The lowest BCUT2D eigenvalue weighted by atomic mass is 9.87. The van der Waals surface area contributed by atoms with Gasteiger partial charge in [-0.15, -0.1) is 0 Å². The number of anilines is 1. The van der Waals surface area contributed by atoms with Crippen LogP contribution in [-0.4, -0.2) is 19.1 Å². The molecule has 2 aromatic rings. The van der Waals surface area contributed by atoms with Crippen LogP contribution >= 0.6 is 0 Å². The number of aryl methyl sites for hydroxylation is 1. The molecule has 0 spiro atoms. The van der Waals surface area contributed by atoms with Gasteiger partial charge in [-0.3, -0.25) is 0 Å². The van der Waals surface area contributed by atoms with Crippen molar-refractivity contribution < 1.29 is 14.3 Å². The number of carbonyl (C=O) groups excluding carboxylic acids is 1. The molecule has 1 atom stereocenters. The lowest BCUT2D eigenvalue weighted by Crippen LogP contribution is -2.24. The van der Waals surface area contributed by atoms with E-state index >= 15 is 0 Å². The summed E-state index contributed by atoms with van der Waals surface area (Å²) < 4.78 is 10.7. The maximum absolute atomic E-state index is 11.5. The maximum Gasteiger partial charge on any atom is 0.330 e. The first-order valence-corrected chi connectivity index (χ1v) is 9.13.